The minimum atomic E-state index is -4.65. The highest BCUT2D eigenvalue weighted by Gasteiger charge is 2.38. The van der Waals surface area contributed by atoms with Gasteiger partial charge >= 0.3 is 6.18 Å². The van der Waals surface area contributed by atoms with Crippen LogP contribution >= 0.6 is 11.6 Å². The molecule has 3 aromatic rings. The van der Waals surface area contributed by atoms with Gasteiger partial charge in [-0.25, -0.2) is 4.68 Å². The topological polar surface area (TPSA) is 84.5 Å². The minimum Gasteiger partial charge on any atom is -0.365 e. The van der Waals surface area contributed by atoms with Gasteiger partial charge in [-0.3, -0.25) is 4.79 Å². The molecule has 4 heterocycles. The van der Waals surface area contributed by atoms with Gasteiger partial charge in [-0.1, -0.05) is 11.6 Å². The van der Waals surface area contributed by atoms with Crippen molar-refractivity contribution < 1.29 is 13.2 Å². The van der Waals surface area contributed by atoms with Crippen LogP contribution in [0.5, 0.6) is 0 Å². The molecule has 0 radical (unpaired) electrons. The Morgan fingerprint density at radius 2 is 1.75 bits per heavy atom. The summed E-state index contributed by atoms with van der Waals surface area (Å²) in [6, 6.07) is 3.05. The van der Waals surface area contributed by atoms with Gasteiger partial charge in [-0.05, 0) is 12.1 Å². The Hall–Kier alpha value is -2.89. The number of anilines is 2. The lowest BCUT2D eigenvalue weighted by atomic mass is 10.2. The van der Waals surface area contributed by atoms with E-state index in [1.807, 2.05) is 9.80 Å². The van der Waals surface area contributed by atoms with Crippen LogP contribution in [0.3, 0.4) is 0 Å². The van der Waals surface area contributed by atoms with Gasteiger partial charge in [0.25, 0.3) is 11.4 Å². The molecule has 0 atom stereocenters. The standard InChI is InChI=1S/C15H14ClF3N8O/c1-24-13(28)12(16)9(8-20-24)25-4-6-26(7-5-25)11-3-2-10-21-22-14(15(17,18)19)27(10)23-11/h2-3,8H,4-7H2,1H3. The number of piperazine rings is 1. The maximum Gasteiger partial charge on any atom is 0.453 e. The highest BCUT2D eigenvalue weighted by atomic mass is 35.5. The fourth-order valence-electron chi connectivity index (χ4n) is 3.02. The number of fused-ring (bicyclic) bond motifs is 1. The quantitative estimate of drug-likeness (QED) is 0.623. The van der Waals surface area contributed by atoms with Crippen molar-refractivity contribution in [1.29, 1.82) is 0 Å². The number of hydrogen-bond acceptors (Lipinski definition) is 7. The van der Waals surface area contributed by atoms with Crippen molar-refractivity contribution in [3.05, 3.63) is 39.5 Å². The first-order valence-electron chi connectivity index (χ1n) is 8.27. The molecule has 0 bridgehead atoms. The van der Waals surface area contributed by atoms with Gasteiger partial charge in [0, 0.05) is 33.2 Å². The molecular formula is C15H14ClF3N8O. The van der Waals surface area contributed by atoms with Crippen LogP contribution < -0.4 is 15.4 Å². The van der Waals surface area contributed by atoms with Crippen LogP contribution in [-0.4, -0.2) is 55.8 Å². The van der Waals surface area contributed by atoms with Gasteiger partial charge in [0.15, 0.2) is 5.65 Å². The zero-order chi connectivity index (χ0) is 20.1. The molecule has 1 aliphatic heterocycles. The summed E-state index contributed by atoms with van der Waals surface area (Å²) in [5.41, 5.74) is 0.166. The second-order valence-corrected chi connectivity index (χ2v) is 6.61. The lowest BCUT2D eigenvalue weighted by Crippen LogP contribution is -2.47. The Morgan fingerprint density at radius 1 is 1.07 bits per heavy atom. The third kappa shape index (κ3) is 3.13. The van der Waals surface area contributed by atoms with E-state index in [0.717, 1.165) is 4.68 Å². The molecule has 0 amide bonds. The normalized spacial score (nSPS) is 15.5. The van der Waals surface area contributed by atoms with Gasteiger partial charge in [0.2, 0.25) is 0 Å². The highest BCUT2D eigenvalue weighted by molar-refractivity contribution is 6.33. The molecule has 0 aromatic carbocycles. The smallest absolute Gasteiger partial charge is 0.365 e. The van der Waals surface area contributed by atoms with Crippen molar-refractivity contribution >= 4 is 28.8 Å². The average molecular weight is 415 g/mol. The summed E-state index contributed by atoms with van der Waals surface area (Å²) in [6.45, 7) is 1.96. The van der Waals surface area contributed by atoms with Crippen LogP contribution in [0.1, 0.15) is 5.82 Å². The van der Waals surface area contributed by atoms with Gasteiger partial charge < -0.3 is 9.80 Å². The van der Waals surface area contributed by atoms with Crippen molar-refractivity contribution in [3.63, 3.8) is 0 Å². The number of aryl methyl sites for hydroxylation is 1. The molecule has 1 fully saturated rings. The molecule has 28 heavy (non-hydrogen) atoms. The molecule has 9 nitrogen and oxygen atoms in total. The second-order valence-electron chi connectivity index (χ2n) is 6.23. The van der Waals surface area contributed by atoms with E-state index < -0.39 is 12.0 Å². The Labute approximate surface area is 160 Å². The van der Waals surface area contributed by atoms with E-state index in [1.54, 1.807) is 6.07 Å². The summed E-state index contributed by atoms with van der Waals surface area (Å²) in [5, 5.41) is 14.8. The van der Waals surface area contributed by atoms with Crippen molar-refractivity contribution in [2.45, 2.75) is 6.18 Å². The maximum atomic E-state index is 13.0. The number of alkyl halides is 3. The van der Waals surface area contributed by atoms with Crippen molar-refractivity contribution in [2.24, 2.45) is 7.05 Å². The average Bonchev–Trinajstić information content (AvgIpc) is 3.10. The Balaban J connectivity index is 1.56. The van der Waals surface area contributed by atoms with Gasteiger partial charge in [0.1, 0.15) is 10.8 Å². The van der Waals surface area contributed by atoms with E-state index >= 15 is 0 Å². The molecule has 0 unspecified atom stereocenters. The van der Waals surface area contributed by atoms with Gasteiger partial charge in [-0.2, -0.15) is 22.8 Å². The van der Waals surface area contributed by atoms with Gasteiger partial charge in [-0.15, -0.1) is 15.3 Å². The fraction of sp³-hybridized carbons (Fsp3) is 0.400. The zero-order valence-electron chi connectivity index (χ0n) is 14.6. The number of hydrogen-bond donors (Lipinski definition) is 0. The third-order valence-electron chi connectivity index (χ3n) is 4.51. The molecule has 1 aliphatic rings. The van der Waals surface area contributed by atoms with E-state index in [1.165, 1.54) is 19.3 Å². The molecule has 0 aliphatic carbocycles. The van der Waals surface area contributed by atoms with Crippen LogP contribution in [0, 0.1) is 0 Å². The zero-order valence-corrected chi connectivity index (χ0v) is 15.3. The molecule has 3 aromatic heterocycles. The number of halogens is 4. The van der Waals surface area contributed by atoms with E-state index in [4.69, 9.17) is 11.6 Å². The molecule has 0 N–H and O–H groups in total. The molecule has 13 heteroatoms. The van der Waals surface area contributed by atoms with Crippen LogP contribution in [0.15, 0.2) is 23.1 Å². The third-order valence-corrected chi connectivity index (χ3v) is 4.86. The molecular weight excluding hydrogens is 401 g/mol. The summed E-state index contributed by atoms with van der Waals surface area (Å²) in [6.07, 6.45) is -3.12. The summed E-state index contributed by atoms with van der Waals surface area (Å²) in [5.74, 6) is -0.786. The minimum absolute atomic E-state index is 0.0210. The van der Waals surface area contributed by atoms with Crippen LogP contribution in [0.4, 0.5) is 24.7 Å². The molecule has 148 valence electrons. The SMILES string of the molecule is Cn1ncc(N2CCN(c3ccc4nnc(C(F)(F)F)n4n3)CC2)c(Cl)c1=O. The van der Waals surface area contributed by atoms with Crippen molar-refractivity contribution in [1.82, 2.24) is 29.6 Å². The fourth-order valence-corrected chi connectivity index (χ4v) is 3.31. The van der Waals surface area contributed by atoms with Crippen LogP contribution in [0.25, 0.3) is 5.65 Å². The first kappa shape index (κ1) is 18.5. The second kappa shape index (κ2) is 6.62. The van der Waals surface area contributed by atoms with Crippen molar-refractivity contribution in [2.75, 3.05) is 36.0 Å². The van der Waals surface area contributed by atoms with E-state index in [0.29, 0.717) is 42.2 Å². The molecule has 1 saturated heterocycles. The van der Waals surface area contributed by atoms with Crippen LogP contribution in [0.2, 0.25) is 5.02 Å². The Kier molecular flexibility index (Phi) is 4.37. The summed E-state index contributed by atoms with van der Waals surface area (Å²) < 4.78 is 40.9. The summed E-state index contributed by atoms with van der Waals surface area (Å²) >= 11 is 6.13. The van der Waals surface area contributed by atoms with E-state index in [-0.39, 0.29) is 16.2 Å². The lowest BCUT2D eigenvalue weighted by Gasteiger charge is -2.36. The first-order chi connectivity index (χ1) is 13.3. The lowest BCUT2D eigenvalue weighted by molar-refractivity contribution is -0.146. The summed E-state index contributed by atoms with van der Waals surface area (Å²) in [4.78, 5) is 15.7. The number of nitrogens with zero attached hydrogens (tertiary/aromatic N) is 8. The number of rotatable bonds is 2. The Morgan fingerprint density at radius 3 is 2.43 bits per heavy atom. The van der Waals surface area contributed by atoms with E-state index in [9.17, 15) is 18.0 Å². The molecule has 0 spiro atoms. The monoisotopic (exact) mass is 414 g/mol. The first-order valence-corrected chi connectivity index (χ1v) is 8.65. The maximum absolute atomic E-state index is 13.0. The molecule has 4 rings (SSSR count). The predicted molar refractivity (Wildman–Crippen MR) is 94.7 cm³/mol. The number of aromatic nitrogens is 6. The van der Waals surface area contributed by atoms with Gasteiger partial charge in [0.05, 0.1) is 11.9 Å². The van der Waals surface area contributed by atoms with Crippen LogP contribution in [-0.2, 0) is 13.2 Å². The van der Waals surface area contributed by atoms with Crippen molar-refractivity contribution in [3.8, 4) is 0 Å². The largest absolute Gasteiger partial charge is 0.453 e. The highest BCUT2D eigenvalue weighted by Crippen LogP contribution is 2.28. The summed E-state index contributed by atoms with van der Waals surface area (Å²) in [7, 11) is 1.51. The molecule has 0 saturated carbocycles. The Bertz CT molecular complexity index is 1090. The van der Waals surface area contributed by atoms with E-state index in [2.05, 4.69) is 20.4 Å². The predicted octanol–water partition coefficient (Wildman–Crippen LogP) is 1.22.